The standard InChI is InChI=1S/C19H16N4O5S/c1-27-17-8-12(7-13(10-20)19(21)29)5-6-16(17)28-11-18(24)22-14-3-2-4-15(9-14)23(25)26/h2-9H,11H2,1H3,(H2,21,29)(H,22,24)/b13-7-. The Morgan fingerprint density at radius 3 is 2.72 bits per heavy atom. The molecule has 0 aliphatic heterocycles. The van der Waals surface area contributed by atoms with E-state index >= 15 is 0 Å². The van der Waals surface area contributed by atoms with E-state index in [1.54, 1.807) is 18.2 Å². The smallest absolute Gasteiger partial charge is 0.271 e. The number of anilines is 1. The Bertz CT molecular complexity index is 1030. The summed E-state index contributed by atoms with van der Waals surface area (Å²) in [6, 6.07) is 12.3. The Kier molecular flexibility index (Phi) is 7.22. The van der Waals surface area contributed by atoms with Crippen LogP contribution in [-0.2, 0) is 4.79 Å². The van der Waals surface area contributed by atoms with Crippen molar-refractivity contribution < 1.29 is 19.2 Å². The lowest BCUT2D eigenvalue weighted by Crippen LogP contribution is -2.20. The number of hydrogen-bond acceptors (Lipinski definition) is 7. The van der Waals surface area contributed by atoms with Crippen molar-refractivity contribution in [2.75, 3.05) is 19.0 Å². The number of thiocarbonyl (C=S) groups is 1. The molecule has 2 rings (SSSR count). The summed E-state index contributed by atoms with van der Waals surface area (Å²) >= 11 is 4.80. The van der Waals surface area contributed by atoms with E-state index < -0.39 is 10.8 Å². The molecule has 10 heteroatoms. The van der Waals surface area contributed by atoms with Gasteiger partial charge in [0.05, 0.1) is 17.6 Å². The summed E-state index contributed by atoms with van der Waals surface area (Å²) in [5.74, 6) is 0.131. The molecule has 2 aromatic rings. The summed E-state index contributed by atoms with van der Waals surface area (Å²) < 4.78 is 10.7. The molecule has 0 bridgehead atoms. The van der Waals surface area contributed by atoms with E-state index in [1.807, 2.05) is 6.07 Å². The van der Waals surface area contributed by atoms with Gasteiger partial charge in [-0.15, -0.1) is 0 Å². The third-order valence-electron chi connectivity index (χ3n) is 3.58. The van der Waals surface area contributed by atoms with E-state index in [1.165, 1.54) is 37.5 Å². The van der Waals surface area contributed by atoms with Gasteiger partial charge >= 0.3 is 0 Å². The summed E-state index contributed by atoms with van der Waals surface area (Å²) in [6.45, 7) is -0.343. The highest BCUT2D eigenvalue weighted by atomic mass is 32.1. The van der Waals surface area contributed by atoms with Gasteiger partial charge in [-0.3, -0.25) is 14.9 Å². The van der Waals surface area contributed by atoms with Crippen LogP contribution in [0.5, 0.6) is 11.5 Å². The number of non-ortho nitro benzene ring substituents is 1. The first kappa shape index (κ1) is 21.3. The monoisotopic (exact) mass is 412 g/mol. The maximum atomic E-state index is 12.1. The van der Waals surface area contributed by atoms with Crippen LogP contribution in [-0.4, -0.2) is 29.5 Å². The Balaban J connectivity index is 2.07. The average Bonchev–Trinajstić information content (AvgIpc) is 2.70. The number of carbonyl (C=O) groups is 1. The van der Waals surface area contributed by atoms with Crippen molar-refractivity contribution in [1.82, 2.24) is 0 Å². The maximum absolute atomic E-state index is 12.1. The molecule has 0 radical (unpaired) electrons. The van der Waals surface area contributed by atoms with E-state index in [0.717, 1.165) is 0 Å². The van der Waals surface area contributed by atoms with Crippen LogP contribution in [0.4, 0.5) is 11.4 Å². The van der Waals surface area contributed by atoms with Crippen LogP contribution in [0.1, 0.15) is 5.56 Å². The number of nitriles is 1. The van der Waals surface area contributed by atoms with Crippen LogP contribution < -0.4 is 20.5 Å². The fourth-order valence-electron chi connectivity index (χ4n) is 2.26. The largest absolute Gasteiger partial charge is 0.493 e. The number of amides is 1. The van der Waals surface area contributed by atoms with E-state index in [2.05, 4.69) is 5.32 Å². The van der Waals surface area contributed by atoms with Gasteiger partial charge in [0.15, 0.2) is 18.1 Å². The highest BCUT2D eigenvalue weighted by Crippen LogP contribution is 2.29. The first-order valence-corrected chi connectivity index (χ1v) is 8.51. The topological polar surface area (TPSA) is 141 Å². The van der Waals surface area contributed by atoms with E-state index in [4.69, 9.17) is 32.7 Å². The molecule has 9 nitrogen and oxygen atoms in total. The van der Waals surface area contributed by atoms with E-state index in [9.17, 15) is 14.9 Å². The number of nitrogens with one attached hydrogen (secondary N) is 1. The molecule has 0 unspecified atom stereocenters. The Labute approximate surface area is 171 Å². The SMILES string of the molecule is COc1cc(/C=C(/C#N)C(N)=S)ccc1OCC(=O)Nc1cccc([N+](=O)[O-])c1. The minimum atomic E-state index is -0.553. The van der Waals surface area contributed by atoms with Gasteiger partial charge in [-0.2, -0.15) is 5.26 Å². The van der Waals surface area contributed by atoms with Crippen molar-refractivity contribution >= 4 is 40.6 Å². The molecular formula is C19H16N4O5S. The van der Waals surface area contributed by atoms with Gasteiger partial charge in [-0.1, -0.05) is 24.4 Å². The van der Waals surface area contributed by atoms with Gasteiger partial charge < -0.3 is 20.5 Å². The zero-order valence-electron chi connectivity index (χ0n) is 15.2. The van der Waals surface area contributed by atoms with Crippen LogP contribution in [0.15, 0.2) is 48.0 Å². The summed E-state index contributed by atoms with van der Waals surface area (Å²) in [5.41, 5.74) is 6.37. The number of nitrogens with two attached hydrogens (primary N) is 1. The van der Waals surface area contributed by atoms with Crippen molar-refractivity contribution in [3.8, 4) is 17.6 Å². The Morgan fingerprint density at radius 1 is 1.34 bits per heavy atom. The van der Waals surface area contributed by atoms with Gasteiger partial charge in [0.1, 0.15) is 11.1 Å². The number of hydrogen-bond donors (Lipinski definition) is 2. The second kappa shape index (κ2) is 9.82. The van der Waals surface area contributed by atoms with E-state index in [-0.39, 0.29) is 28.5 Å². The molecule has 0 heterocycles. The van der Waals surface area contributed by atoms with Crippen LogP contribution in [0, 0.1) is 21.4 Å². The molecule has 29 heavy (non-hydrogen) atoms. The number of rotatable bonds is 8. The molecule has 0 aliphatic rings. The third kappa shape index (κ3) is 6.02. The summed E-state index contributed by atoms with van der Waals surface area (Å²) in [5, 5.41) is 22.3. The molecule has 0 saturated heterocycles. The maximum Gasteiger partial charge on any atom is 0.271 e. The summed E-state index contributed by atoms with van der Waals surface area (Å²) in [7, 11) is 1.43. The second-order valence-electron chi connectivity index (χ2n) is 5.59. The molecule has 0 aromatic heterocycles. The van der Waals surface area contributed by atoms with Gasteiger partial charge in [0.2, 0.25) is 0 Å². The first-order valence-electron chi connectivity index (χ1n) is 8.10. The van der Waals surface area contributed by atoms with Crippen molar-refractivity contribution in [2.45, 2.75) is 0 Å². The van der Waals surface area contributed by atoms with Gasteiger partial charge in [-0.25, -0.2) is 0 Å². The van der Waals surface area contributed by atoms with Crippen molar-refractivity contribution in [1.29, 1.82) is 5.26 Å². The number of nitro groups is 1. The molecule has 0 aliphatic carbocycles. The fraction of sp³-hybridized carbons (Fsp3) is 0.105. The molecule has 2 aromatic carbocycles. The second-order valence-corrected chi connectivity index (χ2v) is 6.03. The van der Waals surface area contributed by atoms with Gasteiger partial charge in [0.25, 0.3) is 11.6 Å². The molecule has 0 spiro atoms. The first-order chi connectivity index (χ1) is 13.8. The average molecular weight is 412 g/mol. The highest BCUT2D eigenvalue weighted by molar-refractivity contribution is 7.80. The lowest BCUT2D eigenvalue weighted by molar-refractivity contribution is -0.384. The predicted octanol–water partition coefficient (Wildman–Crippen LogP) is 2.81. The highest BCUT2D eigenvalue weighted by Gasteiger charge is 2.11. The van der Waals surface area contributed by atoms with Crippen molar-refractivity contribution in [3.05, 3.63) is 63.7 Å². The predicted molar refractivity (Wildman–Crippen MR) is 111 cm³/mol. The lowest BCUT2D eigenvalue weighted by atomic mass is 10.1. The summed E-state index contributed by atoms with van der Waals surface area (Å²) in [6.07, 6.45) is 1.50. The molecule has 0 saturated carbocycles. The third-order valence-corrected chi connectivity index (χ3v) is 3.80. The number of methoxy groups -OCH3 is 1. The number of carbonyl (C=O) groups excluding carboxylic acids is 1. The minimum Gasteiger partial charge on any atom is -0.493 e. The number of ether oxygens (including phenoxy) is 2. The quantitative estimate of drug-likeness (QED) is 0.222. The molecular weight excluding hydrogens is 396 g/mol. The molecule has 148 valence electrons. The zero-order chi connectivity index (χ0) is 21.4. The Hall–Kier alpha value is -3.97. The normalized spacial score (nSPS) is 10.6. The van der Waals surface area contributed by atoms with Crippen molar-refractivity contribution in [3.63, 3.8) is 0 Å². The van der Waals surface area contributed by atoms with Crippen LogP contribution in [0.3, 0.4) is 0 Å². The number of nitrogens with zero attached hydrogens (tertiary/aromatic N) is 2. The number of benzene rings is 2. The number of nitro benzene ring substituents is 1. The Morgan fingerprint density at radius 2 is 2.10 bits per heavy atom. The molecule has 0 fully saturated rings. The van der Waals surface area contributed by atoms with E-state index in [0.29, 0.717) is 17.1 Å². The minimum absolute atomic E-state index is 0.0235. The molecule has 3 N–H and O–H groups in total. The zero-order valence-corrected chi connectivity index (χ0v) is 16.1. The fourth-order valence-corrected chi connectivity index (χ4v) is 2.36. The summed E-state index contributed by atoms with van der Waals surface area (Å²) in [4.78, 5) is 22.3. The van der Waals surface area contributed by atoms with Crippen molar-refractivity contribution in [2.24, 2.45) is 5.73 Å². The van der Waals surface area contributed by atoms with Gasteiger partial charge in [-0.05, 0) is 29.8 Å². The lowest BCUT2D eigenvalue weighted by Gasteiger charge is -2.11. The molecule has 1 amide bonds. The van der Waals surface area contributed by atoms with Crippen LogP contribution in [0.25, 0.3) is 6.08 Å². The van der Waals surface area contributed by atoms with Crippen LogP contribution in [0.2, 0.25) is 0 Å². The molecule has 0 atom stereocenters. The van der Waals surface area contributed by atoms with Gasteiger partial charge in [0, 0.05) is 17.8 Å². The van der Waals surface area contributed by atoms with Crippen LogP contribution >= 0.6 is 12.2 Å².